The highest BCUT2D eigenvalue weighted by molar-refractivity contribution is 5.78. The predicted molar refractivity (Wildman–Crippen MR) is 106 cm³/mol. The Morgan fingerprint density at radius 3 is 2.77 bits per heavy atom. The molecule has 0 saturated heterocycles. The summed E-state index contributed by atoms with van der Waals surface area (Å²) in [6.07, 6.45) is 1.40. The third kappa shape index (κ3) is 3.59. The fourth-order valence-corrected chi connectivity index (χ4v) is 3.00. The number of nitrogens with zero attached hydrogens (tertiary/aromatic N) is 3. The van der Waals surface area contributed by atoms with Crippen molar-refractivity contribution < 1.29 is 17.6 Å². The average molecular weight is 415 g/mol. The lowest BCUT2D eigenvalue weighted by molar-refractivity contribution is 0.154. The number of aromatic amines is 1. The van der Waals surface area contributed by atoms with Gasteiger partial charge in [0.2, 0.25) is 5.95 Å². The lowest BCUT2D eigenvalue weighted by Crippen LogP contribution is -2.26. The molecular weight excluding hydrogens is 399 g/mol. The highest BCUT2D eigenvalue weighted by Gasteiger charge is 2.25. The van der Waals surface area contributed by atoms with Gasteiger partial charge in [0.05, 0.1) is 11.2 Å². The van der Waals surface area contributed by atoms with Gasteiger partial charge in [0.1, 0.15) is 11.6 Å². The lowest BCUT2D eigenvalue weighted by Gasteiger charge is -2.24. The number of nitrogens with one attached hydrogen (secondary N) is 2. The van der Waals surface area contributed by atoms with E-state index in [1.165, 1.54) is 31.3 Å². The first-order chi connectivity index (χ1) is 14.3. The lowest BCUT2D eigenvalue weighted by atomic mass is 10.2. The standard InChI is InChI=1S/C20H16F3N5O2/c1-10-9-24-19(28(18(22)23)15-5-3-4-13(21)11(15)2)27-17(10)25-12-6-7-16-14(8-12)26-20(29)30-16/h3-9,18H,1-2H3,(H,26,29)(H,24,25,27). The van der Waals surface area contributed by atoms with Crippen LogP contribution in [0.3, 0.4) is 0 Å². The van der Waals surface area contributed by atoms with Crippen LogP contribution in [0, 0.1) is 19.7 Å². The molecule has 0 aliphatic carbocycles. The normalized spacial score (nSPS) is 11.3. The Balaban J connectivity index is 1.73. The summed E-state index contributed by atoms with van der Waals surface area (Å²) < 4.78 is 46.6. The van der Waals surface area contributed by atoms with Gasteiger partial charge in [-0.05, 0) is 44.2 Å². The third-order valence-corrected chi connectivity index (χ3v) is 4.55. The largest absolute Gasteiger partial charge is 0.417 e. The second-order valence-corrected chi connectivity index (χ2v) is 6.58. The molecule has 0 radical (unpaired) electrons. The van der Waals surface area contributed by atoms with Crippen LogP contribution in [0.5, 0.6) is 0 Å². The topological polar surface area (TPSA) is 87.1 Å². The monoisotopic (exact) mass is 415 g/mol. The van der Waals surface area contributed by atoms with E-state index < -0.39 is 18.1 Å². The van der Waals surface area contributed by atoms with Crippen LogP contribution >= 0.6 is 0 Å². The maximum absolute atomic E-state index is 13.9. The molecule has 7 nitrogen and oxygen atoms in total. The minimum atomic E-state index is -2.99. The van der Waals surface area contributed by atoms with Gasteiger partial charge in [-0.2, -0.15) is 13.8 Å². The zero-order valence-electron chi connectivity index (χ0n) is 15.9. The Morgan fingerprint density at radius 2 is 2.00 bits per heavy atom. The van der Waals surface area contributed by atoms with E-state index in [1.807, 2.05) is 0 Å². The molecule has 4 aromatic rings. The predicted octanol–water partition coefficient (Wildman–Crippen LogP) is 4.77. The number of fused-ring (bicyclic) bond motifs is 1. The summed E-state index contributed by atoms with van der Waals surface area (Å²) in [5.74, 6) is -1.19. The van der Waals surface area contributed by atoms with Crippen LogP contribution in [0.4, 0.5) is 36.3 Å². The molecule has 30 heavy (non-hydrogen) atoms. The van der Waals surface area contributed by atoms with E-state index in [2.05, 4.69) is 20.3 Å². The SMILES string of the molecule is Cc1cnc(N(c2cccc(F)c2C)C(F)F)nc1Nc1ccc2oc(=O)[nH]c2c1. The van der Waals surface area contributed by atoms with Crippen LogP contribution in [0.2, 0.25) is 0 Å². The van der Waals surface area contributed by atoms with E-state index in [4.69, 9.17) is 4.42 Å². The average Bonchev–Trinajstić information content (AvgIpc) is 3.07. The van der Waals surface area contributed by atoms with Crippen molar-refractivity contribution in [2.24, 2.45) is 0 Å². The van der Waals surface area contributed by atoms with Crippen molar-refractivity contribution in [2.75, 3.05) is 10.2 Å². The van der Waals surface area contributed by atoms with E-state index in [9.17, 15) is 18.0 Å². The van der Waals surface area contributed by atoms with E-state index in [0.717, 1.165) is 0 Å². The van der Waals surface area contributed by atoms with E-state index in [0.29, 0.717) is 27.3 Å². The number of hydrogen-bond donors (Lipinski definition) is 2. The summed E-state index contributed by atoms with van der Waals surface area (Å²) in [5.41, 5.74) is 2.04. The van der Waals surface area contributed by atoms with Gasteiger partial charge in [-0.15, -0.1) is 0 Å². The number of halogens is 3. The van der Waals surface area contributed by atoms with Crippen LogP contribution < -0.4 is 16.0 Å². The molecule has 10 heteroatoms. The second-order valence-electron chi connectivity index (χ2n) is 6.58. The molecule has 2 N–H and O–H groups in total. The first-order valence-corrected chi connectivity index (χ1v) is 8.89. The number of aryl methyl sites for hydroxylation is 1. The van der Waals surface area contributed by atoms with Crippen molar-refractivity contribution in [3.05, 3.63) is 70.1 Å². The van der Waals surface area contributed by atoms with Crippen LogP contribution in [0.1, 0.15) is 11.1 Å². The fraction of sp³-hybridized carbons (Fsp3) is 0.150. The third-order valence-electron chi connectivity index (χ3n) is 4.55. The Hall–Kier alpha value is -3.82. The molecule has 0 aliphatic rings. The van der Waals surface area contributed by atoms with Crippen molar-refractivity contribution >= 4 is 34.2 Å². The zero-order valence-corrected chi connectivity index (χ0v) is 15.9. The van der Waals surface area contributed by atoms with E-state index in [-0.39, 0.29) is 23.0 Å². The Kier molecular flexibility index (Phi) is 4.90. The van der Waals surface area contributed by atoms with Crippen molar-refractivity contribution in [3.63, 3.8) is 0 Å². The molecule has 0 fully saturated rings. The van der Waals surface area contributed by atoms with Crippen molar-refractivity contribution in [3.8, 4) is 0 Å². The number of H-pyrrole nitrogens is 1. The Morgan fingerprint density at radius 1 is 1.20 bits per heavy atom. The number of alkyl halides is 2. The fourth-order valence-electron chi connectivity index (χ4n) is 3.00. The summed E-state index contributed by atoms with van der Waals surface area (Å²) in [6, 6.07) is 8.80. The maximum atomic E-state index is 13.9. The van der Waals surface area contributed by atoms with Gasteiger partial charge in [-0.3, -0.25) is 9.88 Å². The molecule has 0 aliphatic heterocycles. The number of hydrogen-bond acceptors (Lipinski definition) is 6. The maximum Gasteiger partial charge on any atom is 0.417 e. The number of anilines is 4. The minimum absolute atomic E-state index is 0.0304. The molecule has 4 rings (SSSR count). The van der Waals surface area contributed by atoms with Gasteiger partial charge >= 0.3 is 12.3 Å². The highest BCUT2D eigenvalue weighted by atomic mass is 19.3. The van der Waals surface area contributed by atoms with E-state index in [1.54, 1.807) is 25.1 Å². The second kappa shape index (κ2) is 7.54. The molecule has 0 spiro atoms. The Labute approximate surface area is 168 Å². The molecule has 0 bridgehead atoms. The molecule has 2 aromatic heterocycles. The van der Waals surface area contributed by atoms with Gasteiger partial charge in [-0.25, -0.2) is 14.2 Å². The summed E-state index contributed by atoms with van der Waals surface area (Å²) in [6.45, 7) is 0.132. The van der Waals surface area contributed by atoms with Crippen LogP contribution in [0.15, 0.2) is 51.8 Å². The minimum Gasteiger partial charge on any atom is -0.408 e. The molecule has 0 amide bonds. The van der Waals surface area contributed by atoms with Crippen molar-refractivity contribution in [1.29, 1.82) is 0 Å². The zero-order chi connectivity index (χ0) is 21.4. The number of oxazole rings is 1. The molecule has 0 atom stereocenters. The van der Waals surface area contributed by atoms with Gasteiger partial charge in [-0.1, -0.05) is 6.07 Å². The molecule has 0 saturated carbocycles. The Bertz CT molecular complexity index is 1290. The number of aromatic nitrogens is 3. The van der Waals surface area contributed by atoms with Crippen LogP contribution in [0.25, 0.3) is 11.1 Å². The highest BCUT2D eigenvalue weighted by Crippen LogP contribution is 2.32. The molecule has 154 valence electrons. The van der Waals surface area contributed by atoms with Crippen molar-refractivity contribution in [1.82, 2.24) is 15.0 Å². The number of benzene rings is 2. The summed E-state index contributed by atoms with van der Waals surface area (Å²) in [5, 5.41) is 3.02. The van der Waals surface area contributed by atoms with Crippen molar-refractivity contribution in [2.45, 2.75) is 20.4 Å². The first kappa shape index (κ1) is 19.5. The van der Waals surface area contributed by atoms with Gasteiger partial charge in [0.25, 0.3) is 0 Å². The molecule has 2 heterocycles. The van der Waals surface area contributed by atoms with Gasteiger partial charge < -0.3 is 9.73 Å². The smallest absolute Gasteiger partial charge is 0.408 e. The molecule has 0 unspecified atom stereocenters. The van der Waals surface area contributed by atoms with Gasteiger partial charge in [0, 0.05) is 23.0 Å². The summed E-state index contributed by atoms with van der Waals surface area (Å²) in [4.78, 5) is 22.7. The van der Waals surface area contributed by atoms with Crippen LogP contribution in [-0.2, 0) is 0 Å². The molecular formula is C20H16F3N5O2. The van der Waals surface area contributed by atoms with E-state index >= 15 is 0 Å². The molecule has 2 aromatic carbocycles. The van der Waals surface area contributed by atoms with Gasteiger partial charge in [0.15, 0.2) is 5.58 Å². The van der Waals surface area contributed by atoms with Crippen LogP contribution in [-0.4, -0.2) is 21.5 Å². The summed E-state index contributed by atoms with van der Waals surface area (Å²) in [7, 11) is 0. The number of rotatable bonds is 5. The summed E-state index contributed by atoms with van der Waals surface area (Å²) >= 11 is 0. The first-order valence-electron chi connectivity index (χ1n) is 8.89. The quantitative estimate of drug-likeness (QED) is 0.457.